The van der Waals surface area contributed by atoms with E-state index in [1.165, 1.54) is 6.07 Å². The van der Waals surface area contributed by atoms with Gasteiger partial charge in [-0.15, -0.1) is 0 Å². The number of aromatic nitrogens is 1. The number of hydrogen-bond acceptors (Lipinski definition) is 2. The van der Waals surface area contributed by atoms with Crippen LogP contribution in [0.2, 0.25) is 0 Å². The number of nitrogens with one attached hydrogen (secondary N) is 1. The molecule has 0 amide bonds. The van der Waals surface area contributed by atoms with E-state index in [-0.39, 0.29) is 11.7 Å². The van der Waals surface area contributed by atoms with E-state index in [1.807, 2.05) is 31.3 Å². The van der Waals surface area contributed by atoms with Gasteiger partial charge < -0.3 is 5.32 Å². The first kappa shape index (κ1) is 11.7. The molecule has 0 saturated heterocycles. The second-order valence-corrected chi connectivity index (χ2v) is 3.91. The second-order valence-electron chi connectivity index (χ2n) is 3.91. The van der Waals surface area contributed by atoms with Gasteiger partial charge in [0.25, 0.3) is 0 Å². The van der Waals surface area contributed by atoms with E-state index in [2.05, 4.69) is 10.3 Å². The maximum absolute atomic E-state index is 13.8. The Bertz CT molecular complexity index is 471. The molecule has 1 N–H and O–H groups in total. The van der Waals surface area contributed by atoms with Crippen LogP contribution in [0.4, 0.5) is 4.39 Å². The standard InChI is InChI=1S/C14H15FN2/c1-16-10-13(11-6-8-17-9-7-11)12-4-2-3-5-14(12)15/h2-9,13,16H,10H2,1H3. The lowest BCUT2D eigenvalue weighted by molar-refractivity contribution is 0.587. The molecule has 0 bridgehead atoms. The van der Waals surface area contributed by atoms with Gasteiger partial charge in [-0.3, -0.25) is 4.98 Å². The maximum Gasteiger partial charge on any atom is 0.127 e. The molecule has 0 fully saturated rings. The van der Waals surface area contributed by atoms with Gasteiger partial charge in [-0.2, -0.15) is 0 Å². The molecule has 1 heterocycles. The molecule has 0 aliphatic carbocycles. The van der Waals surface area contributed by atoms with Crippen LogP contribution in [0, 0.1) is 5.82 Å². The Kier molecular flexibility index (Phi) is 3.83. The van der Waals surface area contributed by atoms with Crippen LogP contribution < -0.4 is 5.32 Å². The molecular formula is C14H15FN2. The van der Waals surface area contributed by atoms with E-state index in [4.69, 9.17) is 0 Å². The average molecular weight is 230 g/mol. The molecular weight excluding hydrogens is 215 g/mol. The molecule has 88 valence electrons. The zero-order chi connectivity index (χ0) is 12.1. The first-order chi connectivity index (χ1) is 8.33. The number of rotatable bonds is 4. The lowest BCUT2D eigenvalue weighted by Crippen LogP contribution is -2.19. The minimum absolute atomic E-state index is 0.0178. The lowest BCUT2D eigenvalue weighted by Gasteiger charge is -2.18. The summed E-state index contributed by atoms with van der Waals surface area (Å²) in [5.74, 6) is -0.145. The van der Waals surface area contributed by atoms with E-state index in [0.29, 0.717) is 12.1 Å². The molecule has 0 radical (unpaired) electrons. The normalized spacial score (nSPS) is 12.4. The number of hydrogen-bond donors (Lipinski definition) is 1. The number of pyridine rings is 1. The molecule has 2 rings (SSSR count). The van der Waals surface area contributed by atoms with Crippen LogP contribution in [0.3, 0.4) is 0 Å². The smallest absolute Gasteiger partial charge is 0.127 e. The predicted molar refractivity (Wildman–Crippen MR) is 66.4 cm³/mol. The predicted octanol–water partition coefficient (Wildman–Crippen LogP) is 2.57. The van der Waals surface area contributed by atoms with Gasteiger partial charge in [-0.25, -0.2) is 4.39 Å². The first-order valence-electron chi connectivity index (χ1n) is 5.62. The van der Waals surface area contributed by atoms with E-state index in [1.54, 1.807) is 18.5 Å². The topological polar surface area (TPSA) is 24.9 Å². The summed E-state index contributed by atoms with van der Waals surface area (Å²) in [6, 6.07) is 10.8. The van der Waals surface area contributed by atoms with E-state index in [9.17, 15) is 4.39 Å². The van der Waals surface area contributed by atoms with Gasteiger partial charge in [0.15, 0.2) is 0 Å². The van der Waals surface area contributed by atoms with Crippen LogP contribution in [0.15, 0.2) is 48.8 Å². The van der Waals surface area contributed by atoms with Crippen LogP contribution in [-0.2, 0) is 0 Å². The monoisotopic (exact) mass is 230 g/mol. The van der Waals surface area contributed by atoms with E-state index < -0.39 is 0 Å². The first-order valence-corrected chi connectivity index (χ1v) is 5.62. The third-order valence-electron chi connectivity index (χ3n) is 2.80. The summed E-state index contributed by atoms with van der Waals surface area (Å²) in [6.07, 6.45) is 3.47. The minimum Gasteiger partial charge on any atom is -0.319 e. The highest BCUT2D eigenvalue weighted by Crippen LogP contribution is 2.25. The van der Waals surface area contributed by atoms with Crippen molar-refractivity contribution in [2.45, 2.75) is 5.92 Å². The summed E-state index contributed by atoms with van der Waals surface area (Å²) in [4.78, 5) is 3.99. The van der Waals surface area contributed by atoms with Crippen LogP contribution in [0.1, 0.15) is 17.0 Å². The van der Waals surface area contributed by atoms with Gasteiger partial charge >= 0.3 is 0 Å². The molecule has 17 heavy (non-hydrogen) atoms. The highest BCUT2D eigenvalue weighted by molar-refractivity contribution is 5.32. The molecule has 2 nitrogen and oxygen atoms in total. The van der Waals surface area contributed by atoms with Gasteiger partial charge in [-0.1, -0.05) is 18.2 Å². The fourth-order valence-electron chi connectivity index (χ4n) is 1.96. The molecule has 1 aromatic heterocycles. The van der Waals surface area contributed by atoms with Gasteiger partial charge in [0, 0.05) is 24.9 Å². The molecule has 2 aromatic rings. The summed E-state index contributed by atoms with van der Waals surface area (Å²) in [7, 11) is 1.87. The van der Waals surface area contributed by atoms with Gasteiger partial charge in [-0.05, 0) is 36.4 Å². The highest BCUT2D eigenvalue weighted by Gasteiger charge is 2.16. The fraction of sp³-hybridized carbons (Fsp3) is 0.214. The van der Waals surface area contributed by atoms with Crippen molar-refractivity contribution >= 4 is 0 Å². The number of benzene rings is 1. The zero-order valence-corrected chi connectivity index (χ0v) is 9.73. The number of nitrogens with zero attached hydrogens (tertiary/aromatic N) is 1. The lowest BCUT2D eigenvalue weighted by atomic mass is 9.91. The summed E-state index contributed by atoms with van der Waals surface area (Å²) in [5.41, 5.74) is 1.78. The van der Waals surface area contributed by atoms with E-state index >= 15 is 0 Å². The number of likely N-dealkylation sites (N-methyl/N-ethyl adjacent to an activating group) is 1. The maximum atomic E-state index is 13.8. The highest BCUT2D eigenvalue weighted by atomic mass is 19.1. The molecule has 1 atom stereocenters. The van der Waals surface area contributed by atoms with E-state index in [0.717, 1.165) is 5.56 Å². The third-order valence-corrected chi connectivity index (χ3v) is 2.80. The van der Waals surface area contributed by atoms with Crippen LogP contribution in [0.25, 0.3) is 0 Å². The van der Waals surface area contributed by atoms with Crippen molar-refractivity contribution in [2.75, 3.05) is 13.6 Å². The molecule has 3 heteroatoms. The SMILES string of the molecule is CNCC(c1ccncc1)c1ccccc1F. The molecule has 0 saturated carbocycles. The van der Waals surface area contributed by atoms with Crippen molar-refractivity contribution in [2.24, 2.45) is 0 Å². The Labute approximate surface area is 101 Å². The van der Waals surface area contributed by atoms with Crippen molar-refractivity contribution in [3.05, 3.63) is 65.7 Å². The molecule has 0 aliphatic rings. The van der Waals surface area contributed by atoms with Gasteiger partial charge in [0.2, 0.25) is 0 Å². The Morgan fingerprint density at radius 2 is 1.88 bits per heavy atom. The Morgan fingerprint density at radius 1 is 1.18 bits per heavy atom. The van der Waals surface area contributed by atoms with Gasteiger partial charge in [0.05, 0.1) is 0 Å². The molecule has 1 unspecified atom stereocenters. The van der Waals surface area contributed by atoms with Crippen LogP contribution in [-0.4, -0.2) is 18.6 Å². The van der Waals surface area contributed by atoms with Crippen molar-refractivity contribution in [1.82, 2.24) is 10.3 Å². The second kappa shape index (κ2) is 5.55. The fourth-order valence-corrected chi connectivity index (χ4v) is 1.96. The van der Waals surface area contributed by atoms with Gasteiger partial charge in [0.1, 0.15) is 5.82 Å². The van der Waals surface area contributed by atoms with Crippen LogP contribution in [0.5, 0.6) is 0 Å². The average Bonchev–Trinajstić information content (AvgIpc) is 2.38. The number of halogens is 1. The summed E-state index contributed by atoms with van der Waals surface area (Å²) in [5, 5.41) is 3.10. The molecule has 0 aliphatic heterocycles. The van der Waals surface area contributed by atoms with Crippen molar-refractivity contribution in [3.63, 3.8) is 0 Å². The third kappa shape index (κ3) is 2.68. The largest absolute Gasteiger partial charge is 0.319 e. The summed E-state index contributed by atoms with van der Waals surface area (Å²) < 4.78 is 13.8. The Balaban J connectivity index is 2.39. The van der Waals surface area contributed by atoms with Crippen molar-refractivity contribution in [1.29, 1.82) is 0 Å². The van der Waals surface area contributed by atoms with Crippen LogP contribution >= 0.6 is 0 Å². The summed E-state index contributed by atoms with van der Waals surface area (Å²) >= 11 is 0. The quantitative estimate of drug-likeness (QED) is 0.873. The Morgan fingerprint density at radius 3 is 2.53 bits per heavy atom. The minimum atomic E-state index is -0.162. The van der Waals surface area contributed by atoms with Crippen molar-refractivity contribution in [3.8, 4) is 0 Å². The van der Waals surface area contributed by atoms with Crippen molar-refractivity contribution < 1.29 is 4.39 Å². The molecule has 0 spiro atoms. The zero-order valence-electron chi connectivity index (χ0n) is 9.73. The summed E-state index contributed by atoms with van der Waals surface area (Å²) in [6.45, 7) is 0.699. The Hall–Kier alpha value is -1.74. The molecule has 1 aromatic carbocycles.